The van der Waals surface area contributed by atoms with E-state index in [2.05, 4.69) is 28.2 Å². The van der Waals surface area contributed by atoms with Crippen LogP contribution in [0.3, 0.4) is 0 Å². The van der Waals surface area contributed by atoms with Gasteiger partial charge < -0.3 is 16.8 Å². The lowest BCUT2D eigenvalue weighted by molar-refractivity contribution is 0.857. The van der Waals surface area contributed by atoms with Crippen LogP contribution >= 0.6 is 0 Å². The lowest BCUT2D eigenvalue weighted by Gasteiger charge is -2.03. The highest BCUT2D eigenvalue weighted by atomic mass is 15.1. The zero-order valence-corrected chi connectivity index (χ0v) is 9.48. The van der Waals surface area contributed by atoms with Gasteiger partial charge in [-0.1, -0.05) is 30.3 Å². The van der Waals surface area contributed by atoms with Crippen molar-refractivity contribution in [1.29, 1.82) is 5.41 Å². The van der Waals surface area contributed by atoms with Gasteiger partial charge in [0.2, 0.25) is 0 Å². The largest absolute Gasteiger partial charge is 0.390 e. The maximum absolute atomic E-state index is 5.86. The minimum Gasteiger partial charge on any atom is -0.390 e. The molecule has 0 aliphatic heterocycles. The molecule has 0 aliphatic carbocycles. The van der Waals surface area contributed by atoms with Crippen molar-refractivity contribution in [3.8, 4) is 0 Å². The number of hydrogen-bond acceptors (Lipinski definition) is 2. The quantitative estimate of drug-likeness (QED) is 0.436. The number of guanidine groups is 1. The summed E-state index contributed by atoms with van der Waals surface area (Å²) in [5, 5.41) is 8.87. The molecular weight excluding hydrogens is 202 g/mol. The fourth-order valence-electron chi connectivity index (χ4n) is 1.06. The molecule has 0 aromatic heterocycles. The van der Waals surface area contributed by atoms with E-state index in [-0.39, 0.29) is 0 Å². The van der Waals surface area contributed by atoms with Gasteiger partial charge in [-0.3, -0.25) is 10.4 Å². The van der Waals surface area contributed by atoms with Crippen LogP contribution < -0.4 is 16.8 Å². The Morgan fingerprint density at radius 1 is 1.44 bits per heavy atom. The summed E-state index contributed by atoms with van der Waals surface area (Å²) in [5.74, 6) is 0.496. The van der Waals surface area contributed by atoms with Crippen molar-refractivity contribution in [3.05, 3.63) is 35.9 Å². The summed E-state index contributed by atoms with van der Waals surface area (Å²) in [4.78, 5) is 3.80. The van der Waals surface area contributed by atoms with Crippen LogP contribution in [0.2, 0.25) is 0 Å². The van der Waals surface area contributed by atoms with Crippen molar-refractivity contribution < 1.29 is 0 Å². The molecule has 0 heterocycles. The fraction of sp³-hybridized carbons (Fsp3) is 0.273. The maximum Gasteiger partial charge on any atom is 0.188 e. The Bertz CT molecular complexity index is 307. The molecule has 0 radical (unpaired) electrons. The smallest absolute Gasteiger partial charge is 0.188 e. The van der Waals surface area contributed by atoms with Gasteiger partial charge >= 0.3 is 0 Å². The first-order chi connectivity index (χ1) is 7.74. The first-order valence-corrected chi connectivity index (χ1v) is 4.95. The molecule has 0 aliphatic rings. The number of hydrogen-bond donors (Lipinski definition) is 4. The maximum atomic E-state index is 5.86. The number of nitrogens with two attached hydrogens (primary N) is 2. The van der Waals surface area contributed by atoms with Crippen LogP contribution in [-0.2, 0) is 6.42 Å². The van der Waals surface area contributed by atoms with E-state index in [0.717, 1.165) is 19.3 Å². The van der Waals surface area contributed by atoms with Crippen LogP contribution in [0.5, 0.6) is 0 Å². The molecule has 6 N–H and O–H groups in total. The number of rotatable bonds is 3. The molecule has 16 heavy (non-hydrogen) atoms. The van der Waals surface area contributed by atoms with E-state index >= 15 is 0 Å². The normalized spacial score (nSPS) is 9.94. The fourth-order valence-corrected chi connectivity index (χ4v) is 1.06. The van der Waals surface area contributed by atoms with E-state index < -0.39 is 0 Å². The van der Waals surface area contributed by atoms with Crippen LogP contribution in [0.4, 0.5) is 0 Å². The summed E-state index contributed by atoms with van der Waals surface area (Å²) in [7, 11) is 1.67. The Kier molecular flexibility index (Phi) is 8.30. The molecule has 0 unspecified atom stereocenters. The molecule has 5 nitrogen and oxygen atoms in total. The van der Waals surface area contributed by atoms with Crippen LogP contribution in [0.25, 0.3) is 0 Å². The summed E-state index contributed by atoms with van der Waals surface area (Å²) >= 11 is 0. The summed E-state index contributed by atoms with van der Waals surface area (Å²) in [6, 6.07) is 10.3. The molecule has 1 aromatic carbocycles. The molecule has 0 bridgehead atoms. The molecule has 88 valence electrons. The average Bonchev–Trinajstić information content (AvgIpc) is 2.31. The van der Waals surface area contributed by atoms with Crippen LogP contribution in [0.15, 0.2) is 35.3 Å². The summed E-state index contributed by atoms with van der Waals surface area (Å²) < 4.78 is 0. The third-order valence-electron chi connectivity index (χ3n) is 1.80. The molecule has 0 saturated heterocycles. The standard InChI is InChI=1S/C10H15N3.CH4N2/c1-12-10(11)13-8-7-9-5-3-2-4-6-9;2-1-3/h2-6H,7-8H2,1H3,(H3,11,12,13);1H,(H3,2,3). The number of aliphatic imine (C=N–C) groups is 1. The Labute approximate surface area is 96.1 Å². The van der Waals surface area contributed by atoms with Gasteiger partial charge in [-0.15, -0.1) is 0 Å². The topological polar surface area (TPSA) is 100 Å². The number of benzene rings is 1. The van der Waals surface area contributed by atoms with Crippen LogP contribution in [0, 0.1) is 5.41 Å². The van der Waals surface area contributed by atoms with Crippen molar-refractivity contribution in [1.82, 2.24) is 5.32 Å². The van der Waals surface area contributed by atoms with Crippen molar-refractivity contribution >= 4 is 12.3 Å². The number of nitrogens with one attached hydrogen (secondary N) is 2. The van der Waals surface area contributed by atoms with Gasteiger partial charge in [-0.05, 0) is 12.0 Å². The molecule has 0 amide bonds. The van der Waals surface area contributed by atoms with Crippen molar-refractivity contribution in [2.75, 3.05) is 13.6 Å². The molecule has 0 atom stereocenters. The molecule has 1 aromatic rings. The van der Waals surface area contributed by atoms with Crippen molar-refractivity contribution in [3.63, 3.8) is 0 Å². The monoisotopic (exact) mass is 221 g/mol. The highest BCUT2D eigenvalue weighted by Crippen LogP contribution is 1.97. The van der Waals surface area contributed by atoms with Gasteiger partial charge in [-0.2, -0.15) is 0 Å². The van der Waals surface area contributed by atoms with E-state index in [9.17, 15) is 0 Å². The van der Waals surface area contributed by atoms with Gasteiger partial charge in [0, 0.05) is 13.6 Å². The zero-order valence-electron chi connectivity index (χ0n) is 9.48. The van der Waals surface area contributed by atoms with Crippen LogP contribution in [0.1, 0.15) is 5.56 Å². The van der Waals surface area contributed by atoms with Gasteiger partial charge in [0.25, 0.3) is 0 Å². The second-order valence-corrected chi connectivity index (χ2v) is 2.94. The number of nitrogens with zero attached hydrogens (tertiary/aromatic N) is 1. The molecular formula is C11H19N5. The van der Waals surface area contributed by atoms with Gasteiger partial charge in [0.1, 0.15) is 0 Å². The second-order valence-electron chi connectivity index (χ2n) is 2.94. The highest BCUT2D eigenvalue weighted by molar-refractivity contribution is 5.77. The first-order valence-electron chi connectivity index (χ1n) is 4.95. The van der Waals surface area contributed by atoms with Gasteiger partial charge in [-0.25, -0.2) is 0 Å². The first kappa shape index (κ1) is 14.0. The Morgan fingerprint density at radius 3 is 2.50 bits per heavy atom. The zero-order chi connectivity index (χ0) is 12.2. The Hall–Kier alpha value is -2.04. The van der Waals surface area contributed by atoms with E-state index in [1.807, 2.05) is 18.2 Å². The highest BCUT2D eigenvalue weighted by Gasteiger charge is 1.91. The predicted octanol–water partition coefficient (Wildman–Crippen LogP) is 0.315. The van der Waals surface area contributed by atoms with E-state index in [0.29, 0.717) is 5.96 Å². The lowest BCUT2D eigenvalue weighted by Crippen LogP contribution is -2.32. The average molecular weight is 221 g/mol. The summed E-state index contributed by atoms with van der Waals surface area (Å²) in [5.41, 5.74) is 11.2. The van der Waals surface area contributed by atoms with Gasteiger partial charge in [0.05, 0.1) is 6.34 Å². The SMILES string of the molecule is CN=C(N)NCCc1ccccc1.N=CN. The Balaban J connectivity index is 0.000000673. The van der Waals surface area contributed by atoms with E-state index in [1.54, 1.807) is 7.05 Å². The molecule has 0 spiro atoms. The minimum absolute atomic E-state index is 0.496. The lowest BCUT2D eigenvalue weighted by atomic mass is 10.1. The molecule has 5 heteroatoms. The van der Waals surface area contributed by atoms with Crippen LogP contribution in [-0.4, -0.2) is 25.9 Å². The third-order valence-corrected chi connectivity index (χ3v) is 1.80. The summed E-state index contributed by atoms with van der Waals surface area (Å²) in [6.07, 6.45) is 1.72. The molecule has 0 fully saturated rings. The Morgan fingerprint density at radius 2 is 2.00 bits per heavy atom. The second kappa shape index (κ2) is 9.51. The summed E-state index contributed by atoms with van der Waals surface area (Å²) in [6.45, 7) is 0.827. The molecule has 1 rings (SSSR count). The molecule has 0 saturated carbocycles. The van der Waals surface area contributed by atoms with Gasteiger partial charge in [0.15, 0.2) is 5.96 Å². The minimum atomic E-state index is 0.496. The van der Waals surface area contributed by atoms with E-state index in [4.69, 9.17) is 11.1 Å². The van der Waals surface area contributed by atoms with Crippen molar-refractivity contribution in [2.45, 2.75) is 6.42 Å². The van der Waals surface area contributed by atoms with Crippen molar-refractivity contribution in [2.24, 2.45) is 16.5 Å². The van der Waals surface area contributed by atoms with E-state index in [1.165, 1.54) is 5.56 Å². The predicted molar refractivity (Wildman–Crippen MR) is 68.7 cm³/mol. The third kappa shape index (κ3) is 7.37.